The highest BCUT2D eigenvalue weighted by atomic mass is 35.5. The smallest absolute Gasteiger partial charge is 0.122 e. The number of benzene rings is 2. The molecule has 0 spiro atoms. The summed E-state index contributed by atoms with van der Waals surface area (Å²) in [6, 6.07) is 12.6. The van der Waals surface area contributed by atoms with Crippen molar-refractivity contribution in [3.05, 3.63) is 63.7 Å². The monoisotopic (exact) mass is 301 g/mol. The molecule has 0 bridgehead atoms. The van der Waals surface area contributed by atoms with Gasteiger partial charge in [-0.2, -0.15) is 0 Å². The Morgan fingerprint density at radius 3 is 2.90 bits per heavy atom. The lowest BCUT2D eigenvalue weighted by molar-refractivity contribution is 0.357. The number of hydrogen-bond donors (Lipinski definition) is 1. The van der Waals surface area contributed by atoms with Crippen molar-refractivity contribution in [3.63, 3.8) is 0 Å². The van der Waals surface area contributed by atoms with Gasteiger partial charge in [-0.25, -0.2) is 0 Å². The third-order valence-electron chi connectivity index (χ3n) is 4.11. The first-order valence-electron chi connectivity index (χ1n) is 7.40. The average Bonchev–Trinajstić information content (AvgIpc) is 2.95. The summed E-state index contributed by atoms with van der Waals surface area (Å²) in [4.78, 5) is 0. The standard InChI is InChI=1S/C18H20ClNO/c1-12-10-14(4-5-16(12)19)17(20)6-2-13-3-7-18-15(11-13)8-9-21-18/h3-5,7,10-11,17H,2,6,8-9,20H2,1H3. The second-order valence-corrected chi connectivity index (χ2v) is 6.10. The van der Waals surface area contributed by atoms with E-state index in [9.17, 15) is 0 Å². The summed E-state index contributed by atoms with van der Waals surface area (Å²) < 4.78 is 5.54. The maximum Gasteiger partial charge on any atom is 0.122 e. The summed E-state index contributed by atoms with van der Waals surface area (Å²) in [5.74, 6) is 1.04. The summed E-state index contributed by atoms with van der Waals surface area (Å²) in [5.41, 5.74) is 11.2. The zero-order chi connectivity index (χ0) is 14.8. The molecule has 2 aromatic rings. The van der Waals surface area contributed by atoms with Gasteiger partial charge in [0.15, 0.2) is 0 Å². The van der Waals surface area contributed by atoms with Crippen molar-refractivity contribution in [3.8, 4) is 5.75 Å². The van der Waals surface area contributed by atoms with Crippen LogP contribution in [0, 0.1) is 6.92 Å². The van der Waals surface area contributed by atoms with Gasteiger partial charge in [0.05, 0.1) is 6.61 Å². The lowest BCUT2D eigenvalue weighted by Gasteiger charge is -2.13. The maximum atomic E-state index is 6.31. The second-order valence-electron chi connectivity index (χ2n) is 5.69. The number of nitrogens with two attached hydrogens (primary N) is 1. The molecule has 110 valence electrons. The van der Waals surface area contributed by atoms with Crippen molar-refractivity contribution >= 4 is 11.6 Å². The lowest BCUT2D eigenvalue weighted by Crippen LogP contribution is -2.11. The fraction of sp³-hybridized carbons (Fsp3) is 0.333. The normalized spacial score (nSPS) is 14.6. The minimum atomic E-state index is 0.0467. The molecule has 1 aliphatic rings. The van der Waals surface area contributed by atoms with E-state index in [1.54, 1.807) is 0 Å². The highest BCUT2D eigenvalue weighted by Crippen LogP contribution is 2.27. The quantitative estimate of drug-likeness (QED) is 0.918. The topological polar surface area (TPSA) is 35.2 Å². The fourth-order valence-electron chi connectivity index (χ4n) is 2.78. The number of ether oxygens (including phenoxy) is 1. The van der Waals surface area contributed by atoms with E-state index in [1.165, 1.54) is 11.1 Å². The Morgan fingerprint density at radius 1 is 1.24 bits per heavy atom. The zero-order valence-electron chi connectivity index (χ0n) is 12.2. The van der Waals surface area contributed by atoms with Crippen LogP contribution in [-0.4, -0.2) is 6.61 Å². The summed E-state index contributed by atoms with van der Waals surface area (Å²) in [6.07, 6.45) is 2.93. The fourth-order valence-corrected chi connectivity index (χ4v) is 2.90. The number of halogens is 1. The van der Waals surface area contributed by atoms with Crippen LogP contribution in [0.2, 0.25) is 5.02 Å². The van der Waals surface area contributed by atoms with Crippen LogP contribution in [0.1, 0.15) is 34.7 Å². The van der Waals surface area contributed by atoms with Crippen LogP contribution in [0.15, 0.2) is 36.4 Å². The Morgan fingerprint density at radius 2 is 2.10 bits per heavy atom. The molecule has 0 amide bonds. The second kappa shape index (κ2) is 6.08. The Kier molecular flexibility index (Phi) is 4.18. The van der Waals surface area contributed by atoms with Crippen molar-refractivity contribution in [1.29, 1.82) is 0 Å². The van der Waals surface area contributed by atoms with Crippen molar-refractivity contribution < 1.29 is 4.74 Å². The van der Waals surface area contributed by atoms with Gasteiger partial charge in [0.2, 0.25) is 0 Å². The van der Waals surface area contributed by atoms with E-state index in [-0.39, 0.29) is 6.04 Å². The predicted octanol–water partition coefficient (Wildman–Crippen LogP) is 4.22. The summed E-state index contributed by atoms with van der Waals surface area (Å²) in [7, 11) is 0. The molecule has 1 unspecified atom stereocenters. The minimum Gasteiger partial charge on any atom is -0.493 e. The van der Waals surface area contributed by atoms with Gasteiger partial charge >= 0.3 is 0 Å². The average molecular weight is 302 g/mol. The Labute approximate surface area is 130 Å². The van der Waals surface area contributed by atoms with Crippen LogP contribution in [0.5, 0.6) is 5.75 Å². The van der Waals surface area contributed by atoms with Gasteiger partial charge < -0.3 is 10.5 Å². The predicted molar refractivity (Wildman–Crippen MR) is 87.1 cm³/mol. The summed E-state index contributed by atoms with van der Waals surface area (Å²) in [5, 5.41) is 0.796. The van der Waals surface area contributed by atoms with Crippen molar-refractivity contribution in [1.82, 2.24) is 0 Å². The molecule has 0 aliphatic carbocycles. The van der Waals surface area contributed by atoms with E-state index in [2.05, 4.69) is 24.3 Å². The van der Waals surface area contributed by atoms with Gasteiger partial charge in [-0.15, -0.1) is 0 Å². The van der Waals surface area contributed by atoms with E-state index >= 15 is 0 Å². The molecule has 0 saturated carbocycles. The molecule has 3 rings (SSSR count). The molecule has 0 saturated heterocycles. The summed E-state index contributed by atoms with van der Waals surface area (Å²) >= 11 is 6.06. The Balaban J connectivity index is 1.65. The number of fused-ring (bicyclic) bond motifs is 1. The van der Waals surface area contributed by atoms with Gasteiger partial charge in [-0.05, 0) is 54.2 Å². The van der Waals surface area contributed by atoms with E-state index in [0.717, 1.165) is 47.8 Å². The Hall–Kier alpha value is -1.51. The highest BCUT2D eigenvalue weighted by Gasteiger charge is 2.13. The first-order valence-corrected chi connectivity index (χ1v) is 7.77. The van der Waals surface area contributed by atoms with Crippen LogP contribution in [0.25, 0.3) is 0 Å². The molecule has 0 fully saturated rings. The van der Waals surface area contributed by atoms with Gasteiger partial charge in [0, 0.05) is 17.5 Å². The van der Waals surface area contributed by atoms with Gasteiger partial charge in [-0.3, -0.25) is 0 Å². The Bertz CT molecular complexity index is 654. The molecular weight excluding hydrogens is 282 g/mol. The van der Waals surface area contributed by atoms with Gasteiger partial charge in [-0.1, -0.05) is 35.9 Å². The molecule has 21 heavy (non-hydrogen) atoms. The molecule has 2 nitrogen and oxygen atoms in total. The van der Waals surface area contributed by atoms with E-state index in [0.29, 0.717) is 0 Å². The van der Waals surface area contributed by atoms with Gasteiger partial charge in [0.1, 0.15) is 5.75 Å². The molecule has 1 aliphatic heterocycles. The number of hydrogen-bond acceptors (Lipinski definition) is 2. The molecule has 1 atom stereocenters. The van der Waals surface area contributed by atoms with Crippen LogP contribution in [0.4, 0.5) is 0 Å². The molecular formula is C18H20ClNO. The van der Waals surface area contributed by atoms with Crippen molar-refractivity contribution in [2.75, 3.05) is 6.61 Å². The summed E-state index contributed by atoms with van der Waals surface area (Å²) in [6.45, 7) is 2.82. The lowest BCUT2D eigenvalue weighted by atomic mass is 9.97. The van der Waals surface area contributed by atoms with E-state index < -0.39 is 0 Å². The molecule has 2 aromatic carbocycles. The third-order valence-corrected chi connectivity index (χ3v) is 4.53. The third kappa shape index (κ3) is 3.22. The minimum absolute atomic E-state index is 0.0467. The molecule has 1 heterocycles. The SMILES string of the molecule is Cc1cc(C(N)CCc2ccc3c(c2)CCO3)ccc1Cl. The highest BCUT2D eigenvalue weighted by molar-refractivity contribution is 6.31. The number of aryl methyl sites for hydroxylation is 2. The molecule has 2 N–H and O–H groups in total. The zero-order valence-corrected chi connectivity index (χ0v) is 13.0. The van der Waals surface area contributed by atoms with Crippen molar-refractivity contribution in [2.24, 2.45) is 5.73 Å². The van der Waals surface area contributed by atoms with E-state index in [4.69, 9.17) is 22.1 Å². The largest absolute Gasteiger partial charge is 0.493 e. The number of rotatable bonds is 4. The molecule has 3 heteroatoms. The van der Waals surface area contributed by atoms with Crippen LogP contribution in [-0.2, 0) is 12.8 Å². The first-order chi connectivity index (χ1) is 10.1. The van der Waals surface area contributed by atoms with Gasteiger partial charge in [0.25, 0.3) is 0 Å². The van der Waals surface area contributed by atoms with E-state index in [1.807, 2.05) is 19.1 Å². The molecule has 0 radical (unpaired) electrons. The first kappa shape index (κ1) is 14.4. The van der Waals surface area contributed by atoms with Crippen molar-refractivity contribution in [2.45, 2.75) is 32.2 Å². The molecule has 0 aromatic heterocycles. The van der Waals surface area contributed by atoms with Crippen LogP contribution < -0.4 is 10.5 Å². The van der Waals surface area contributed by atoms with Crippen LogP contribution in [0.3, 0.4) is 0 Å². The maximum absolute atomic E-state index is 6.31. The van der Waals surface area contributed by atoms with Crippen LogP contribution >= 0.6 is 11.6 Å².